The third kappa shape index (κ3) is 5.86. The van der Waals surface area contributed by atoms with Gasteiger partial charge in [-0.2, -0.15) is 0 Å². The van der Waals surface area contributed by atoms with Gasteiger partial charge in [0.25, 0.3) is 0 Å². The molecule has 0 radical (unpaired) electrons. The molecule has 2 rings (SSSR count). The predicted octanol–water partition coefficient (Wildman–Crippen LogP) is 2.78. The van der Waals surface area contributed by atoms with Crippen LogP contribution in [0, 0.1) is 0 Å². The van der Waals surface area contributed by atoms with Crippen molar-refractivity contribution in [1.29, 1.82) is 0 Å². The van der Waals surface area contributed by atoms with Crippen molar-refractivity contribution in [2.24, 2.45) is 0 Å². The molecule has 0 aromatic carbocycles. The van der Waals surface area contributed by atoms with Crippen molar-refractivity contribution >= 4 is 6.09 Å². The van der Waals surface area contributed by atoms with Gasteiger partial charge in [0.1, 0.15) is 11.4 Å². The van der Waals surface area contributed by atoms with Crippen LogP contribution in [-0.2, 0) is 17.8 Å². The highest BCUT2D eigenvalue weighted by Gasteiger charge is 2.34. The van der Waals surface area contributed by atoms with E-state index in [1.54, 1.807) is 0 Å². The Hall–Kier alpha value is -1.56. The molecule has 130 valence electrons. The Morgan fingerprint density at radius 1 is 1.48 bits per heavy atom. The lowest BCUT2D eigenvalue weighted by Crippen LogP contribution is -2.41. The number of aromatic nitrogens is 2. The minimum Gasteiger partial charge on any atom is -0.444 e. The van der Waals surface area contributed by atoms with Crippen molar-refractivity contribution in [3.05, 3.63) is 18.2 Å². The van der Waals surface area contributed by atoms with E-state index in [1.165, 1.54) is 0 Å². The predicted molar refractivity (Wildman–Crippen MR) is 90.2 cm³/mol. The number of carbonyl (C=O) groups excluding carboxylic acids is 1. The number of aryl methyl sites for hydroxylation is 1. The maximum atomic E-state index is 12.3. The minimum atomic E-state index is -0.442. The molecule has 1 aliphatic rings. The quantitative estimate of drug-likeness (QED) is 0.748. The second-order valence-electron chi connectivity index (χ2n) is 7.12. The fraction of sp³-hybridized carbons (Fsp3) is 0.765. The molecule has 0 spiro atoms. The van der Waals surface area contributed by atoms with Gasteiger partial charge in [0.15, 0.2) is 0 Å². The molecule has 1 aromatic heterocycles. The maximum absolute atomic E-state index is 12.3. The van der Waals surface area contributed by atoms with Crippen LogP contribution in [0.2, 0.25) is 0 Å². The molecule has 0 atom stereocenters. The van der Waals surface area contributed by atoms with Crippen LogP contribution in [0.3, 0.4) is 0 Å². The number of rotatable bonds is 8. The first-order valence-electron chi connectivity index (χ1n) is 8.61. The van der Waals surface area contributed by atoms with Gasteiger partial charge in [-0.15, -0.1) is 0 Å². The number of carbonyl (C=O) groups is 1. The van der Waals surface area contributed by atoms with Gasteiger partial charge in [-0.3, -0.25) is 0 Å². The number of amides is 1. The summed E-state index contributed by atoms with van der Waals surface area (Å²) in [5, 5.41) is 3.38. The lowest BCUT2D eigenvalue weighted by molar-refractivity contribution is 0.0236. The van der Waals surface area contributed by atoms with Crippen molar-refractivity contribution in [2.45, 2.75) is 71.7 Å². The molecular weight excluding hydrogens is 292 g/mol. The van der Waals surface area contributed by atoms with Crippen molar-refractivity contribution in [2.75, 3.05) is 13.1 Å². The molecule has 1 heterocycles. The van der Waals surface area contributed by atoms with Crippen LogP contribution in [0.5, 0.6) is 0 Å². The van der Waals surface area contributed by atoms with E-state index in [0.29, 0.717) is 12.6 Å². The van der Waals surface area contributed by atoms with Gasteiger partial charge < -0.3 is 19.5 Å². The monoisotopic (exact) mass is 322 g/mol. The Bertz CT molecular complexity index is 503. The molecule has 23 heavy (non-hydrogen) atoms. The number of imidazole rings is 1. The Labute approximate surface area is 139 Å². The van der Waals surface area contributed by atoms with E-state index in [0.717, 1.165) is 44.7 Å². The van der Waals surface area contributed by atoms with Crippen LogP contribution in [0.1, 0.15) is 52.8 Å². The van der Waals surface area contributed by atoms with E-state index in [9.17, 15) is 4.79 Å². The average molecular weight is 322 g/mol. The highest BCUT2D eigenvalue weighted by atomic mass is 16.6. The van der Waals surface area contributed by atoms with Crippen molar-refractivity contribution in [1.82, 2.24) is 19.8 Å². The number of hydrogen-bond acceptors (Lipinski definition) is 4. The maximum Gasteiger partial charge on any atom is 0.410 e. The molecule has 1 saturated carbocycles. The van der Waals surface area contributed by atoms with Crippen LogP contribution in [0.25, 0.3) is 0 Å². The molecule has 0 unspecified atom stereocenters. The van der Waals surface area contributed by atoms with Gasteiger partial charge >= 0.3 is 6.09 Å². The Balaban J connectivity index is 1.76. The molecule has 0 bridgehead atoms. The van der Waals surface area contributed by atoms with E-state index < -0.39 is 5.60 Å². The average Bonchev–Trinajstić information content (AvgIpc) is 3.18. The summed E-state index contributed by atoms with van der Waals surface area (Å²) in [5.41, 5.74) is -0.442. The molecule has 1 amide bonds. The summed E-state index contributed by atoms with van der Waals surface area (Å²) >= 11 is 0. The molecule has 0 saturated heterocycles. The van der Waals surface area contributed by atoms with Gasteiger partial charge in [-0.05, 0) is 40.0 Å². The van der Waals surface area contributed by atoms with Gasteiger partial charge in [0, 0.05) is 38.1 Å². The molecule has 6 heteroatoms. The highest BCUT2D eigenvalue weighted by molar-refractivity contribution is 5.69. The summed E-state index contributed by atoms with van der Waals surface area (Å²) in [6.45, 7) is 11.0. The normalized spacial score (nSPS) is 14.8. The van der Waals surface area contributed by atoms with E-state index in [2.05, 4.69) is 21.8 Å². The number of ether oxygens (including phenoxy) is 1. The van der Waals surface area contributed by atoms with E-state index >= 15 is 0 Å². The summed E-state index contributed by atoms with van der Waals surface area (Å²) in [7, 11) is 0. The lowest BCUT2D eigenvalue weighted by Gasteiger charge is -2.27. The van der Waals surface area contributed by atoms with Gasteiger partial charge in [-0.25, -0.2) is 9.78 Å². The SMILES string of the molecule is CCCn1ccnc1CNCCN(C(=O)OC(C)(C)C)C1CC1. The third-order valence-corrected chi connectivity index (χ3v) is 3.69. The second-order valence-corrected chi connectivity index (χ2v) is 7.12. The van der Waals surface area contributed by atoms with Gasteiger partial charge in [0.05, 0.1) is 6.54 Å². The van der Waals surface area contributed by atoms with Crippen LogP contribution >= 0.6 is 0 Å². The number of hydrogen-bond donors (Lipinski definition) is 1. The number of nitrogens with one attached hydrogen (secondary N) is 1. The summed E-state index contributed by atoms with van der Waals surface area (Å²) in [6.07, 6.45) is 6.91. The largest absolute Gasteiger partial charge is 0.444 e. The highest BCUT2D eigenvalue weighted by Crippen LogP contribution is 2.28. The van der Waals surface area contributed by atoms with E-state index in [4.69, 9.17) is 4.74 Å². The summed E-state index contributed by atoms with van der Waals surface area (Å²) in [5.74, 6) is 1.04. The van der Waals surface area contributed by atoms with Crippen LogP contribution in [-0.4, -0.2) is 45.3 Å². The zero-order chi connectivity index (χ0) is 16.9. The van der Waals surface area contributed by atoms with Gasteiger partial charge in [-0.1, -0.05) is 6.92 Å². The Morgan fingerprint density at radius 2 is 2.22 bits per heavy atom. The smallest absolute Gasteiger partial charge is 0.410 e. The zero-order valence-electron chi connectivity index (χ0n) is 14.8. The van der Waals surface area contributed by atoms with Crippen molar-refractivity contribution in [3.8, 4) is 0 Å². The molecule has 6 nitrogen and oxygen atoms in total. The first-order valence-corrected chi connectivity index (χ1v) is 8.61. The van der Waals surface area contributed by atoms with Crippen LogP contribution in [0.15, 0.2) is 12.4 Å². The summed E-state index contributed by atoms with van der Waals surface area (Å²) in [6, 6.07) is 0.355. The molecule has 1 aromatic rings. The van der Waals surface area contributed by atoms with E-state index in [-0.39, 0.29) is 6.09 Å². The standard InChI is InChI=1S/C17H30N4O2/c1-5-10-20-11-9-19-15(20)13-18-8-12-21(14-6-7-14)16(22)23-17(2,3)4/h9,11,14,18H,5-8,10,12-13H2,1-4H3. The van der Waals surface area contributed by atoms with E-state index in [1.807, 2.05) is 38.1 Å². The van der Waals surface area contributed by atoms with Crippen molar-refractivity contribution < 1.29 is 9.53 Å². The second kappa shape index (κ2) is 7.81. The Kier molecular flexibility index (Phi) is 6.04. The first kappa shape index (κ1) is 17.8. The fourth-order valence-corrected chi connectivity index (χ4v) is 2.48. The topological polar surface area (TPSA) is 59.4 Å². The zero-order valence-corrected chi connectivity index (χ0v) is 14.8. The molecular formula is C17H30N4O2. The minimum absolute atomic E-state index is 0.200. The first-order chi connectivity index (χ1) is 10.9. The van der Waals surface area contributed by atoms with Gasteiger partial charge in [0.2, 0.25) is 0 Å². The van der Waals surface area contributed by atoms with Crippen LogP contribution in [0.4, 0.5) is 4.79 Å². The molecule has 1 N–H and O–H groups in total. The van der Waals surface area contributed by atoms with Crippen LogP contribution < -0.4 is 5.32 Å². The fourth-order valence-electron chi connectivity index (χ4n) is 2.48. The molecule has 1 fully saturated rings. The molecule has 1 aliphatic carbocycles. The summed E-state index contributed by atoms with van der Waals surface area (Å²) < 4.78 is 7.66. The van der Waals surface area contributed by atoms with Crippen molar-refractivity contribution in [3.63, 3.8) is 0 Å². The Morgan fingerprint density at radius 3 is 2.83 bits per heavy atom. The summed E-state index contributed by atoms with van der Waals surface area (Å²) in [4.78, 5) is 18.5. The molecule has 0 aliphatic heterocycles. The lowest BCUT2D eigenvalue weighted by atomic mass is 10.2. The number of nitrogens with zero attached hydrogens (tertiary/aromatic N) is 3. The third-order valence-electron chi connectivity index (χ3n) is 3.69.